The quantitative estimate of drug-likeness (QED) is 0.0544. The Hall–Kier alpha value is 1.35. The SMILES string of the molecule is CCCN(CCC)P(=NP(Br)(N=P(N(CCC)CCC)(N(CCC)CCC)N(CCC)CCC)(N=P(N(CCC)CCC)(N(CCC)CCC)N(CCC)CCC)N=P(N(CCC)CCC)(N(CCC)CCC)N(CCC)CCC)(N(CCC)CCC)N(CCC)CCC. The summed E-state index contributed by atoms with van der Waals surface area (Å²) in [6, 6.07) is 0. The summed E-state index contributed by atoms with van der Waals surface area (Å²) in [4.78, 5) is 0. The second-order valence-electron chi connectivity index (χ2n) is 26.8. The van der Waals surface area contributed by atoms with Crippen molar-refractivity contribution in [2.24, 2.45) is 18.1 Å². The summed E-state index contributed by atoms with van der Waals surface area (Å²) in [6.07, 6.45) is 24.9. The fraction of sp³-hybridized carbons (Fsp3) is 1.00. The third kappa shape index (κ3) is 26.5. The predicted octanol–water partition coefficient (Wildman–Crippen LogP) is 24.8. The Balaban J connectivity index is 14.8. The molecule has 0 saturated heterocycles. The van der Waals surface area contributed by atoms with E-state index in [1.807, 2.05) is 0 Å². The molecule has 0 aliphatic carbocycles. The molecule has 0 spiro atoms. The number of rotatable bonds is 64. The Bertz CT molecular complexity index is 1550. The van der Waals surface area contributed by atoms with Crippen molar-refractivity contribution in [2.45, 2.75) is 320 Å². The maximum atomic E-state index is 7.94. The molecule has 0 rings (SSSR count). The van der Waals surface area contributed by atoms with Gasteiger partial charge in [0, 0.05) is 0 Å². The van der Waals surface area contributed by atoms with Gasteiger partial charge in [0.25, 0.3) is 0 Å². The van der Waals surface area contributed by atoms with E-state index in [1.165, 1.54) is 0 Å². The van der Waals surface area contributed by atoms with Gasteiger partial charge in [0.15, 0.2) is 0 Å². The zero-order valence-electron chi connectivity index (χ0n) is 67.7. The van der Waals surface area contributed by atoms with Crippen molar-refractivity contribution in [2.75, 3.05) is 157 Å². The van der Waals surface area contributed by atoms with Crippen molar-refractivity contribution < 1.29 is 0 Å². The van der Waals surface area contributed by atoms with Crippen LogP contribution in [0.2, 0.25) is 0 Å². The third-order valence-corrected chi connectivity index (χ3v) is 45.0. The normalized spacial score (nSPS) is 13.8. The molecule has 0 aliphatic rings. The molecule has 16 nitrogen and oxygen atoms in total. The van der Waals surface area contributed by atoms with Crippen molar-refractivity contribution in [3.05, 3.63) is 0 Å². The molecule has 0 aromatic carbocycles. The van der Waals surface area contributed by atoms with Crippen LogP contribution in [0.15, 0.2) is 18.1 Å². The third-order valence-electron chi connectivity index (χ3n) is 17.2. The first kappa shape index (κ1) is 95.3. The zero-order chi connectivity index (χ0) is 71.1. The summed E-state index contributed by atoms with van der Waals surface area (Å²) in [5.41, 5.74) is 0. The zero-order valence-corrected chi connectivity index (χ0v) is 73.8. The molecule has 0 aromatic heterocycles. The molecular formula is C72H168BrN16P5. The Morgan fingerprint density at radius 3 is 0.277 bits per heavy atom. The van der Waals surface area contributed by atoms with Crippen LogP contribution in [-0.2, 0) is 0 Å². The van der Waals surface area contributed by atoms with Gasteiger partial charge in [0.2, 0.25) is 0 Å². The van der Waals surface area contributed by atoms with Crippen LogP contribution < -0.4 is 0 Å². The van der Waals surface area contributed by atoms with E-state index >= 15 is 0 Å². The Morgan fingerprint density at radius 1 is 0.160 bits per heavy atom. The molecule has 0 aliphatic heterocycles. The molecule has 94 heavy (non-hydrogen) atoms. The van der Waals surface area contributed by atoms with E-state index in [4.69, 9.17) is 33.6 Å². The van der Waals surface area contributed by atoms with Gasteiger partial charge < -0.3 is 0 Å². The van der Waals surface area contributed by atoms with Crippen LogP contribution in [0.5, 0.6) is 0 Å². The average Bonchev–Trinajstić information content (AvgIpc) is 0.686. The number of hydrogen-bond donors (Lipinski definition) is 0. The first-order chi connectivity index (χ1) is 45.4. The van der Waals surface area contributed by atoms with Crippen LogP contribution in [-0.4, -0.2) is 213 Å². The van der Waals surface area contributed by atoms with E-state index in [0.717, 1.165) is 311 Å². The van der Waals surface area contributed by atoms with Crippen LogP contribution in [0.1, 0.15) is 320 Å². The van der Waals surface area contributed by atoms with Crippen LogP contribution >= 0.6 is 51.4 Å². The second-order valence-corrected chi connectivity index (χ2v) is 46.2. The van der Waals surface area contributed by atoms with Gasteiger partial charge in [-0.05, 0) is 0 Å². The molecular weight excluding hydrogens is 1320 g/mol. The minimum atomic E-state index is -5.38. The molecule has 0 fully saturated rings. The van der Waals surface area contributed by atoms with Gasteiger partial charge in [-0.1, -0.05) is 0 Å². The van der Waals surface area contributed by atoms with Gasteiger partial charge in [0.1, 0.15) is 0 Å². The van der Waals surface area contributed by atoms with Crippen LogP contribution in [0.25, 0.3) is 0 Å². The Labute approximate surface area is 599 Å². The number of hydrogen-bond acceptors (Lipinski definition) is 4. The Morgan fingerprint density at radius 2 is 0.223 bits per heavy atom. The molecule has 0 amide bonds. The van der Waals surface area contributed by atoms with Crippen molar-refractivity contribution in [1.29, 1.82) is 0 Å². The summed E-state index contributed by atoms with van der Waals surface area (Å²) in [5, 5.41) is 0. The van der Waals surface area contributed by atoms with Crippen LogP contribution in [0, 0.1) is 0 Å². The standard InChI is InChI=1S/C72H168BrN16P5/c1-25-49-78(50-26-2)90(79(51-27-3)52-28-4,80(53-29-5)54-30-6)74-94(73,75-91(81(55-31-7)56-32-8,82(57-33-9)58-34-10)83(59-35-11)60-36-12,76-92(84(61-37-13)62-38-14,85(63-39-15)64-40-16)86(65-41-17)66-42-18)77-93(87(67-43-19)68-44-20,88(69-45-21)70-46-22)89(71-47-23)72-48-24/h25-72H2,1-24H3. The predicted molar refractivity (Wildman–Crippen MR) is 439 cm³/mol. The van der Waals surface area contributed by atoms with Gasteiger partial charge in [-0.3, -0.25) is 0 Å². The molecule has 0 unspecified atom stereocenters. The monoisotopic (exact) mass is 1490 g/mol. The van der Waals surface area contributed by atoms with E-state index in [0.29, 0.717) is 0 Å². The molecule has 0 saturated carbocycles. The molecule has 0 atom stereocenters. The van der Waals surface area contributed by atoms with E-state index < -0.39 is 35.9 Å². The first-order valence-corrected chi connectivity index (χ1v) is 51.2. The van der Waals surface area contributed by atoms with E-state index in [-0.39, 0.29) is 0 Å². The summed E-state index contributed by atoms with van der Waals surface area (Å²) in [7, 11) is -12.7. The molecule has 0 aromatic rings. The van der Waals surface area contributed by atoms with Gasteiger partial charge in [0.05, 0.1) is 0 Å². The topological polar surface area (TPSA) is 88.3 Å². The molecule has 0 bridgehead atoms. The fourth-order valence-electron chi connectivity index (χ4n) is 14.5. The molecule has 0 radical (unpaired) electrons. The van der Waals surface area contributed by atoms with Gasteiger partial charge in [-0.15, -0.1) is 0 Å². The molecule has 22 heteroatoms. The molecule has 0 N–H and O–H groups in total. The summed E-state index contributed by atoms with van der Waals surface area (Å²) >= 11 is 5.74. The summed E-state index contributed by atoms with van der Waals surface area (Å²) < 4.78 is 68.2. The van der Waals surface area contributed by atoms with Gasteiger partial charge in [-0.2, -0.15) is 0 Å². The van der Waals surface area contributed by atoms with E-state index in [9.17, 15) is 0 Å². The Kier molecular flexibility index (Phi) is 54.8. The fourth-order valence-corrected chi connectivity index (χ4v) is 51.7. The maximum absolute atomic E-state index is 7.94. The number of halogens is 1. The summed E-state index contributed by atoms with van der Waals surface area (Å²) in [5.74, 6) is -5.38. The van der Waals surface area contributed by atoms with Crippen molar-refractivity contribution in [1.82, 2.24) is 56.0 Å². The second kappa shape index (κ2) is 54.0. The molecule has 0 heterocycles. The van der Waals surface area contributed by atoms with Gasteiger partial charge >= 0.3 is 603 Å². The van der Waals surface area contributed by atoms with Crippen LogP contribution in [0.3, 0.4) is 0 Å². The average molecular weight is 1490 g/mol. The van der Waals surface area contributed by atoms with Crippen LogP contribution in [0.4, 0.5) is 0 Å². The van der Waals surface area contributed by atoms with Crippen molar-refractivity contribution in [3.8, 4) is 0 Å². The summed E-state index contributed by atoms with van der Waals surface area (Å²) in [6.45, 7) is 81.8. The number of nitrogens with zero attached hydrogens (tertiary/aromatic N) is 16. The molecule has 568 valence electrons. The first-order valence-electron chi connectivity index (χ1n) is 40.7. The van der Waals surface area contributed by atoms with E-state index in [1.54, 1.807) is 0 Å². The van der Waals surface area contributed by atoms with Crippen molar-refractivity contribution in [3.63, 3.8) is 0 Å². The van der Waals surface area contributed by atoms with E-state index in [2.05, 4.69) is 222 Å². The van der Waals surface area contributed by atoms with Gasteiger partial charge in [-0.25, -0.2) is 0 Å². The minimum absolute atomic E-state index is 0.952. The van der Waals surface area contributed by atoms with Crippen molar-refractivity contribution >= 4 is 51.4 Å².